The third-order valence-electron chi connectivity index (χ3n) is 4.66. The van der Waals surface area contributed by atoms with Crippen LogP contribution in [0.3, 0.4) is 0 Å². The topological polar surface area (TPSA) is 84.7 Å². The van der Waals surface area contributed by atoms with Gasteiger partial charge in [-0.05, 0) is 31.2 Å². The fourth-order valence-corrected chi connectivity index (χ4v) is 3.31. The molecule has 132 valence electrons. The zero-order valence-corrected chi connectivity index (χ0v) is 14.5. The highest BCUT2D eigenvalue weighted by molar-refractivity contribution is 6.04. The van der Waals surface area contributed by atoms with Crippen LogP contribution < -0.4 is 10.6 Å². The number of fused-ring (bicyclic) bond motifs is 2. The standard InChI is InChI=1S/C20H16N6O/c1-12-15-10-16-18(22-17(24-20(16)27)13-6-5-9-21-11-13)23-19(15)26(25-12)14-7-3-2-4-8-14/h2-11,17H,1H3,(H,22,23)(H,24,27). The highest BCUT2D eigenvalue weighted by Gasteiger charge is 2.27. The van der Waals surface area contributed by atoms with Crippen LogP contribution in [-0.2, 0) is 0 Å². The Morgan fingerprint density at radius 3 is 2.70 bits per heavy atom. The number of nitrogens with one attached hydrogen (secondary N) is 2. The maximum absolute atomic E-state index is 12.7. The number of rotatable bonds is 2. The van der Waals surface area contributed by atoms with Gasteiger partial charge in [0, 0.05) is 23.3 Å². The molecule has 3 aromatic heterocycles. The predicted octanol–water partition coefficient (Wildman–Crippen LogP) is 2.98. The maximum Gasteiger partial charge on any atom is 0.256 e. The van der Waals surface area contributed by atoms with Crippen molar-refractivity contribution in [3.63, 3.8) is 0 Å². The minimum atomic E-state index is -0.377. The molecule has 2 N–H and O–H groups in total. The van der Waals surface area contributed by atoms with Gasteiger partial charge in [-0.15, -0.1) is 0 Å². The minimum absolute atomic E-state index is 0.168. The lowest BCUT2D eigenvalue weighted by molar-refractivity contribution is 0.0935. The lowest BCUT2D eigenvalue weighted by atomic mass is 10.1. The van der Waals surface area contributed by atoms with Gasteiger partial charge in [0.15, 0.2) is 5.65 Å². The van der Waals surface area contributed by atoms with E-state index in [-0.39, 0.29) is 12.1 Å². The van der Waals surface area contributed by atoms with Crippen LogP contribution in [0.5, 0.6) is 0 Å². The Labute approximate surface area is 155 Å². The van der Waals surface area contributed by atoms with Crippen LogP contribution in [-0.4, -0.2) is 25.7 Å². The molecule has 0 saturated carbocycles. The number of anilines is 1. The third-order valence-corrected chi connectivity index (χ3v) is 4.66. The van der Waals surface area contributed by atoms with Gasteiger partial charge in [-0.1, -0.05) is 24.3 Å². The summed E-state index contributed by atoms with van der Waals surface area (Å²) in [6.45, 7) is 1.92. The van der Waals surface area contributed by atoms with Crippen LogP contribution in [0, 0.1) is 6.92 Å². The molecule has 5 rings (SSSR count). The number of carbonyl (C=O) groups is 1. The van der Waals surface area contributed by atoms with Crippen molar-refractivity contribution < 1.29 is 4.79 Å². The zero-order chi connectivity index (χ0) is 18.4. The first-order valence-electron chi connectivity index (χ1n) is 8.64. The van der Waals surface area contributed by atoms with Gasteiger partial charge in [0.1, 0.15) is 12.0 Å². The van der Waals surface area contributed by atoms with Gasteiger partial charge in [0.05, 0.1) is 16.9 Å². The van der Waals surface area contributed by atoms with Crippen molar-refractivity contribution in [2.24, 2.45) is 0 Å². The van der Waals surface area contributed by atoms with Crippen LogP contribution in [0.4, 0.5) is 5.82 Å². The predicted molar refractivity (Wildman–Crippen MR) is 102 cm³/mol. The second-order valence-corrected chi connectivity index (χ2v) is 6.43. The van der Waals surface area contributed by atoms with E-state index in [1.165, 1.54) is 0 Å². The molecule has 1 unspecified atom stereocenters. The van der Waals surface area contributed by atoms with Crippen LogP contribution in [0.25, 0.3) is 16.7 Å². The Bertz CT molecular complexity index is 1150. The number of amides is 1. The number of hydrogen-bond acceptors (Lipinski definition) is 5. The first-order chi connectivity index (χ1) is 13.2. The molecular formula is C20H16N6O. The summed E-state index contributed by atoms with van der Waals surface area (Å²) >= 11 is 0. The molecule has 0 fully saturated rings. The van der Waals surface area contributed by atoms with Crippen LogP contribution in [0.1, 0.15) is 27.8 Å². The molecular weight excluding hydrogens is 340 g/mol. The minimum Gasteiger partial charge on any atom is -0.345 e. The fourth-order valence-electron chi connectivity index (χ4n) is 3.31. The van der Waals surface area contributed by atoms with Crippen LogP contribution >= 0.6 is 0 Å². The summed E-state index contributed by atoms with van der Waals surface area (Å²) in [4.78, 5) is 21.5. The summed E-state index contributed by atoms with van der Waals surface area (Å²) < 4.78 is 1.80. The van der Waals surface area contributed by atoms with Gasteiger partial charge in [-0.3, -0.25) is 9.78 Å². The largest absolute Gasteiger partial charge is 0.345 e. The molecule has 1 aliphatic heterocycles. The number of hydrogen-bond donors (Lipinski definition) is 2. The molecule has 0 radical (unpaired) electrons. The molecule has 1 aliphatic rings. The average molecular weight is 356 g/mol. The summed E-state index contributed by atoms with van der Waals surface area (Å²) in [5.74, 6) is 0.371. The Balaban J connectivity index is 1.65. The van der Waals surface area contributed by atoms with E-state index >= 15 is 0 Å². The number of carbonyl (C=O) groups excluding carboxylic acids is 1. The molecule has 4 aromatic rings. The molecule has 1 aromatic carbocycles. The normalized spacial score (nSPS) is 15.9. The Hall–Kier alpha value is -3.74. The van der Waals surface area contributed by atoms with Gasteiger partial charge in [0.25, 0.3) is 5.91 Å². The Kier molecular flexibility index (Phi) is 3.39. The molecule has 0 bridgehead atoms. The van der Waals surface area contributed by atoms with Crippen molar-refractivity contribution in [3.8, 4) is 5.69 Å². The van der Waals surface area contributed by atoms with Gasteiger partial charge >= 0.3 is 0 Å². The lowest BCUT2D eigenvalue weighted by Crippen LogP contribution is -2.39. The molecule has 0 saturated heterocycles. The fraction of sp³-hybridized carbons (Fsp3) is 0.100. The van der Waals surface area contributed by atoms with Crippen molar-refractivity contribution in [1.29, 1.82) is 0 Å². The van der Waals surface area contributed by atoms with E-state index in [0.29, 0.717) is 17.0 Å². The smallest absolute Gasteiger partial charge is 0.256 e. The van der Waals surface area contributed by atoms with E-state index in [0.717, 1.165) is 22.3 Å². The van der Waals surface area contributed by atoms with Crippen molar-refractivity contribution in [2.75, 3.05) is 5.32 Å². The number of nitrogens with zero attached hydrogens (tertiary/aromatic N) is 4. The molecule has 0 spiro atoms. The summed E-state index contributed by atoms with van der Waals surface area (Å²) in [5.41, 5.74) is 3.84. The molecule has 1 atom stereocenters. The van der Waals surface area contributed by atoms with Crippen LogP contribution in [0.2, 0.25) is 0 Å². The molecule has 0 aliphatic carbocycles. The maximum atomic E-state index is 12.7. The molecule has 7 heteroatoms. The number of benzene rings is 1. The number of aromatic nitrogens is 4. The monoisotopic (exact) mass is 356 g/mol. The van der Waals surface area contributed by atoms with E-state index in [2.05, 4.69) is 20.7 Å². The van der Waals surface area contributed by atoms with Gasteiger partial charge in [-0.2, -0.15) is 5.10 Å². The summed E-state index contributed by atoms with van der Waals surface area (Å²) in [6, 6.07) is 15.4. The van der Waals surface area contributed by atoms with E-state index < -0.39 is 0 Å². The Morgan fingerprint density at radius 1 is 1.07 bits per heavy atom. The van der Waals surface area contributed by atoms with Crippen molar-refractivity contribution in [1.82, 2.24) is 25.1 Å². The molecule has 7 nitrogen and oxygen atoms in total. The lowest BCUT2D eigenvalue weighted by Gasteiger charge is -2.27. The second kappa shape index (κ2) is 5.91. The Morgan fingerprint density at radius 2 is 1.93 bits per heavy atom. The summed E-state index contributed by atoms with van der Waals surface area (Å²) in [7, 11) is 0. The average Bonchev–Trinajstić information content (AvgIpc) is 3.04. The summed E-state index contributed by atoms with van der Waals surface area (Å²) in [6.07, 6.45) is 3.04. The third kappa shape index (κ3) is 2.52. The van der Waals surface area contributed by atoms with E-state index in [1.807, 2.05) is 55.5 Å². The van der Waals surface area contributed by atoms with E-state index in [1.54, 1.807) is 17.1 Å². The van der Waals surface area contributed by atoms with E-state index in [9.17, 15) is 4.79 Å². The van der Waals surface area contributed by atoms with E-state index in [4.69, 9.17) is 4.98 Å². The quantitative estimate of drug-likeness (QED) is 0.577. The van der Waals surface area contributed by atoms with Gasteiger partial charge in [-0.25, -0.2) is 9.67 Å². The second-order valence-electron chi connectivity index (χ2n) is 6.43. The SMILES string of the molecule is Cc1nn(-c2ccccc2)c2nc3c(cc12)C(=O)NC(c1cccnc1)N3. The molecule has 27 heavy (non-hydrogen) atoms. The molecule has 4 heterocycles. The first kappa shape index (κ1) is 15.5. The number of aryl methyl sites for hydroxylation is 1. The van der Waals surface area contributed by atoms with Gasteiger partial charge in [0.2, 0.25) is 0 Å². The van der Waals surface area contributed by atoms with Crippen LogP contribution in [0.15, 0.2) is 60.9 Å². The van der Waals surface area contributed by atoms with Crippen molar-refractivity contribution >= 4 is 22.8 Å². The zero-order valence-electron chi connectivity index (χ0n) is 14.5. The highest BCUT2D eigenvalue weighted by Crippen LogP contribution is 2.30. The number of pyridine rings is 2. The molecule has 1 amide bonds. The van der Waals surface area contributed by atoms with Gasteiger partial charge < -0.3 is 10.6 Å². The first-order valence-corrected chi connectivity index (χ1v) is 8.64. The highest BCUT2D eigenvalue weighted by atomic mass is 16.2. The van der Waals surface area contributed by atoms with Crippen molar-refractivity contribution in [3.05, 3.63) is 77.7 Å². The van der Waals surface area contributed by atoms with Crippen molar-refractivity contribution in [2.45, 2.75) is 13.1 Å². The number of para-hydroxylation sites is 1. The summed E-state index contributed by atoms with van der Waals surface area (Å²) in [5, 5.41) is 11.7.